The summed E-state index contributed by atoms with van der Waals surface area (Å²) in [4.78, 5) is 2.41. The number of hydrogen-bond acceptors (Lipinski definition) is 5. The van der Waals surface area contributed by atoms with Crippen LogP contribution in [0.4, 0.5) is 5.82 Å². The first kappa shape index (κ1) is 15.3. The molecule has 0 radical (unpaired) electrons. The molecule has 1 fully saturated rings. The molecule has 1 saturated heterocycles. The number of hydrogen-bond donors (Lipinski definition) is 3. The summed E-state index contributed by atoms with van der Waals surface area (Å²) in [5.74, 6) is 0.331. The summed E-state index contributed by atoms with van der Waals surface area (Å²) < 4.78 is 26.7. The summed E-state index contributed by atoms with van der Waals surface area (Å²) in [6.45, 7) is 5.61. The third kappa shape index (κ3) is 3.94. The van der Waals surface area contributed by atoms with E-state index in [9.17, 15) is 8.42 Å². The van der Waals surface area contributed by atoms with Crippen LogP contribution >= 0.6 is 0 Å². The molecule has 1 aliphatic heterocycles. The molecule has 1 unspecified atom stereocenters. The highest BCUT2D eigenvalue weighted by Gasteiger charge is 2.21. The number of nitrogens with two attached hydrogens (primary N) is 1. The molecular weight excluding hydrogens is 278 g/mol. The number of nitrogens with one attached hydrogen (secondary N) is 2. The van der Waals surface area contributed by atoms with Crippen molar-refractivity contribution in [3.63, 3.8) is 0 Å². The molecule has 114 valence electrons. The Morgan fingerprint density at radius 2 is 2.15 bits per heavy atom. The van der Waals surface area contributed by atoms with E-state index in [1.54, 1.807) is 0 Å². The summed E-state index contributed by atoms with van der Waals surface area (Å²) >= 11 is 0. The number of nitrogen functional groups attached to an aromatic ring is 1. The van der Waals surface area contributed by atoms with Crippen molar-refractivity contribution >= 4 is 15.8 Å². The molecule has 0 saturated carbocycles. The molecule has 0 aromatic carbocycles. The van der Waals surface area contributed by atoms with Gasteiger partial charge in [-0.2, -0.15) is 5.10 Å². The zero-order valence-corrected chi connectivity index (χ0v) is 12.6. The largest absolute Gasteiger partial charge is 0.383 e. The molecule has 4 N–H and O–H groups in total. The van der Waals surface area contributed by atoms with Gasteiger partial charge in [-0.1, -0.05) is 13.3 Å². The standard InChI is InChI=1S/C12H23N5O2S/c1-10(9-17-5-3-2-4-6-17)7-15-20(18,19)11-8-14-16-12(11)13/h8,10,15H,2-7,9H2,1H3,(H3,13,14,16). The number of piperidine rings is 1. The Balaban J connectivity index is 1.83. The number of rotatable bonds is 6. The maximum atomic E-state index is 12.0. The van der Waals surface area contributed by atoms with Crippen molar-refractivity contribution in [3.8, 4) is 0 Å². The molecule has 1 aromatic heterocycles. The average molecular weight is 301 g/mol. The summed E-state index contributed by atoms with van der Waals surface area (Å²) in [6.07, 6.45) is 5.01. The lowest BCUT2D eigenvalue weighted by Gasteiger charge is -2.29. The van der Waals surface area contributed by atoms with Crippen molar-refractivity contribution in [3.05, 3.63) is 6.20 Å². The minimum Gasteiger partial charge on any atom is -0.383 e. The van der Waals surface area contributed by atoms with E-state index in [4.69, 9.17) is 5.73 Å². The number of anilines is 1. The van der Waals surface area contributed by atoms with E-state index in [-0.39, 0.29) is 16.6 Å². The first-order valence-electron chi connectivity index (χ1n) is 7.00. The van der Waals surface area contributed by atoms with Crippen molar-refractivity contribution in [2.75, 3.05) is 31.9 Å². The lowest BCUT2D eigenvalue weighted by Crippen LogP contribution is -2.38. The van der Waals surface area contributed by atoms with Gasteiger partial charge in [-0.3, -0.25) is 5.10 Å². The van der Waals surface area contributed by atoms with Gasteiger partial charge in [0.15, 0.2) is 0 Å². The topological polar surface area (TPSA) is 104 Å². The Morgan fingerprint density at radius 3 is 2.75 bits per heavy atom. The van der Waals surface area contributed by atoms with Gasteiger partial charge in [0.05, 0.1) is 6.20 Å². The number of sulfonamides is 1. The second kappa shape index (κ2) is 6.55. The van der Waals surface area contributed by atoms with E-state index in [1.807, 2.05) is 0 Å². The SMILES string of the molecule is CC(CNS(=O)(=O)c1cn[nH]c1N)CN1CCCCC1. The van der Waals surface area contributed by atoms with Crippen LogP contribution in [0.5, 0.6) is 0 Å². The van der Waals surface area contributed by atoms with E-state index in [0.29, 0.717) is 6.54 Å². The van der Waals surface area contributed by atoms with E-state index >= 15 is 0 Å². The summed E-state index contributed by atoms with van der Waals surface area (Å²) in [6, 6.07) is 0. The average Bonchev–Trinajstić information content (AvgIpc) is 2.85. The fourth-order valence-electron chi connectivity index (χ4n) is 2.48. The van der Waals surface area contributed by atoms with Gasteiger partial charge in [0.2, 0.25) is 10.0 Å². The quantitative estimate of drug-likeness (QED) is 0.705. The van der Waals surface area contributed by atoms with Crippen molar-refractivity contribution < 1.29 is 8.42 Å². The number of aromatic nitrogens is 2. The van der Waals surface area contributed by atoms with Crippen molar-refractivity contribution in [2.24, 2.45) is 5.92 Å². The molecular formula is C12H23N5O2S. The van der Waals surface area contributed by atoms with Gasteiger partial charge in [-0.05, 0) is 31.8 Å². The van der Waals surface area contributed by atoms with Gasteiger partial charge < -0.3 is 10.6 Å². The number of likely N-dealkylation sites (tertiary alicyclic amines) is 1. The predicted octanol–water partition coefficient (Wildman–Crippen LogP) is 0.392. The molecule has 0 amide bonds. The Hall–Kier alpha value is -1.12. The zero-order valence-electron chi connectivity index (χ0n) is 11.8. The minimum atomic E-state index is -3.57. The van der Waals surface area contributed by atoms with Gasteiger partial charge in [0, 0.05) is 13.1 Å². The summed E-state index contributed by atoms with van der Waals surface area (Å²) in [7, 11) is -3.57. The van der Waals surface area contributed by atoms with Gasteiger partial charge >= 0.3 is 0 Å². The third-order valence-electron chi connectivity index (χ3n) is 3.56. The van der Waals surface area contributed by atoms with Crippen LogP contribution in [0.2, 0.25) is 0 Å². The zero-order chi connectivity index (χ0) is 14.6. The van der Waals surface area contributed by atoms with Crippen molar-refractivity contribution in [1.82, 2.24) is 19.8 Å². The van der Waals surface area contributed by atoms with Crippen LogP contribution in [-0.4, -0.2) is 49.7 Å². The van der Waals surface area contributed by atoms with Crippen LogP contribution in [0.1, 0.15) is 26.2 Å². The number of H-pyrrole nitrogens is 1. The lowest BCUT2D eigenvalue weighted by atomic mass is 10.1. The van der Waals surface area contributed by atoms with Crippen LogP contribution in [0.3, 0.4) is 0 Å². The monoisotopic (exact) mass is 301 g/mol. The van der Waals surface area contributed by atoms with Gasteiger partial charge in [0.25, 0.3) is 0 Å². The number of aromatic amines is 1. The van der Waals surface area contributed by atoms with Gasteiger partial charge in [0.1, 0.15) is 10.7 Å². The van der Waals surface area contributed by atoms with Crippen LogP contribution in [0.15, 0.2) is 11.1 Å². The molecule has 1 aliphatic rings. The smallest absolute Gasteiger partial charge is 0.245 e. The van der Waals surface area contributed by atoms with Crippen LogP contribution in [-0.2, 0) is 10.0 Å². The molecule has 1 aromatic rings. The van der Waals surface area contributed by atoms with E-state index in [1.165, 1.54) is 25.5 Å². The van der Waals surface area contributed by atoms with E-state index in [2.05, 4.69) is 26.7 Å². The molecule has 2 rings (SSSR count). The first-order valence-corrected chi connectivity index (χ1v) is 8.48. The molecule has 2 heterocycles. The van der Waals surface area contributed by atoms with Crippen LogP contribution in [0, 0.1) is 5.92 Å². The highest BCUT2D eigenvalue weighted by molar-refractivity contribution is 7.89. The molecule has 7 nitrogen and oxygen atoms in total. The van der Waals surface area contributed by atoms with Gasteiger partial charge in [-0.15, -0.1) is 0 Å². The van der Waals surface area contributed by atoms with E-state index in [0.717, 1.165) is 19.6 Å². The Bertz CT molecular complexity index is 522. The minimum absolute atomic E-state index is 0.0164. The first-order chi connectivity index (χ1) is 9.49. The van der Waals surface area contributed by atoms with Crippen molar-refractivity contribution in [2.45, 2.75) is 31.1 Å². The molecule has 20 heavy (non-hydrogen) atoms. The Labute approximate surface area is 120 Å². The molecule has 0 spiro atoms. The third-order valence-corrected chi connectivity index (χ3v) is 5.01. The molecule has 0 bridgehead atoms. The predicted molar refractivity (Wildman–Crippen MR) is 77.6 cm³/mol. The molecule has 0 aliphatic carbocycles. The van der Waals surface area contributed by atoms with Crippen molar-refractivity contribution in [1.29, 1.82) is 0 Å². The summed E-state index contributed by atoms with van der Waals surface area (Å²) in [5, 5.41) is 6.06. The molecule has 8 heteroatoms. The van der Waals surface area contributed by atoms with E-state index < -0.39 is 10.0 Å². The lowest BCUT2D eigenvalue weighted by molar-refractivity contribution is 0.201. The number of nitrogens with zero attached hydrogens (tertiary/aromatic N) is 2. The highest BCUT2D eigenvalue weighted by atomic mass is 32.2. The normalized spacial score (nSPS) is 19.1. The second-order valence-corrected chi connectivity index (χ2v) is 7.20. The van der Waals surface area contributed by atoms with Crippen LogP contribution < -0.4 is 10.5 Å². The Kier molecular flexibility index (Phi) is 5.00. The fraction of sp³-hybridized carbons (Fsp3) is 0.750. The maximum absolute atomic E-state index is 12.0. The maximum Gasteiger partial charge on any atom is 0.245 e. The highest BCUT2D eigenvalue weighted by Crippen LogP contribution is 2.14. The fourth-order valence-corrected chi connectivity index (χ4v) is 3.66. The van der Waals surface area contributed by atoms with Crippen LogP contribution in [0.25, 0.3) is 0 Å². The van der Waals surface area contributed by atoms with Gasteiger partial charge in [-0.25, -0.2) is 13.1 Å². The second-order valence-electron chi connectivity index (χ2n) is 5.47. The Morgan fingerprint density at radius 1 is 1.45 bits per heavy atom. The molecule has 1 atom stereocenters. The summed E-state index contributed by atoms with van der Waals surface area (Å²) in [5.41, 5.74) is 5.54.